The molecule has 1 heterocycles. The number of rotatable bonds is 3. The van der Waals surface area contributed by atoms with E-state index < -0.39 is 0 Å². The third kappa shape index (κ3) is 3.29. The summed E-state index contributed by atoms with van der Waals surface area (Å²) >= 11 is 3.38. The van der Waals surface area contributed by atoms with Crippen LogP contribution in [0.5, 0.6) is 0 Å². The van der Waals surface area contributed by atoms with Crippen molar-refractivity contribution in [2.75, 3.05) is 17.7 Å². The number of anilines is 2. The smallest absolute Gasteiger partial charge is 0.275 e. The van der Waals surface area contributed by atoms with Crippen LogP contribution in [0, 0.1) is 6.92 Å². The number of hydrogen-bond acceptors (Lipinski definition) is 4. The summed E-state index contributed by atoms with van der Waals surface area (Å²) in [6.07, 6.45) is 2.99. The molecule has 5 nitrogen and oxygen atoms in total. The van der Waals surface area contributed by atoms with Gasteiger partial charge >= 0.3 is 0 Å². The summed E-state index contributed by atoms with van der Waals surface area (Å²) < 4.78 is 0.972. The molecule has 0 saturated heterocycles. The Bertz CT molecular complexity index is 615. The van der Waals surface area contributed by atoms with Crippen molar-refractivity contribution in [3.05, 3.63) is 46.3 Å². The van der Waals surface area contributed by atoms with Gasteiger partial charge in [0.15, 0.2) is 0 Å². The fourth-order valence-electron chi connectivity index (χ4n) is 1.55. The van der Waals surface area contributed by atoms with Crippen molar-refractivity contribution in [2.24, 2.45) is 0 Å². The Morgan fingerprint density at radius 3 is 2.79 bits per heavy atom. The van der Waals surface area contributed by atoms with Gasteiger partial charge in [0.1, 0.15) is 11.5 Å². The highest BCUT2D eigenvalue weighted by molar-refractivity contribution is 9.10. The Kier molecular flexibility index (Phi) is 4.11. The largest absolute Gasteiger partial charge is 0.372 e. The average molecular weight is 321 g/mol. The Morgan fingerprint density at radius 2 is 2.11 bits per heavy atom. The maximum atomic E-state index is 12.1. The molecule has 98 valence electrons. The van der Waals surface area contributed by atoms with Crippen LogP contribution in [0.1, 0.15) is 16.1 Å². The molecule has 0 atom stereocenters. The number of hydrogen-bond donors (Lipinski definition) is 2. The first-order valence-electron chi connectivity index (χ1n) is 5.67. The fourth-order valence-corrected chi connectivity index (χ4v) is 2.03. The first-order chi connectivity index (χ1) is 9.10. The average Bonchev–Trinajstić information content (AvgIpc) is 2.42. The molecule has 0 unspecified atom stereocenters. The number of nitrogens with one attached hydrogen (secondary N) is 2. The SMILES string of the molecule is CNc1cncc(C(=O)Nc2ccc(Br)cc2C)n1. The number of halogens is 1. The summed E-state index contributed by atoms with van der Waals surface area (Å²) in [6.45, 7) is 1.93. The zero-order valence-corrected chi connectivity index (χ0v) is 12.2. The first-order valence-corrected chi connectivity index (χ1v) is 6.47. The molecule has 2 aromatic rings. The van der Waals surface area contributed by atoms with Gasteiger partial charge in [-0.05, 0) is 30.7 Å². The molecule has 0 fully saturated rings. The van der Waals surface area contributed by atoms with Crippen LogP contribution in [-0.4, -0.2) is 22.9 Å². The normalized spacial score (nSPS) is 10.1. The van der Waals surface area contributed by atoms with Crippen LogP contribution in [0.3, 0.4) is 0 Å². The molecule has 0 aliphatic rings. The zero-order valence-electron chi connectivity index (χ0n) is 10.6. The quantitative estimate of drug-likeness (QED) is 0.912. The number of benzene rings is 1. The minimum atomic E-state index is -0.282. The van der Waals surface area contributed by atoms with E-state index in [4.69, 9.17) is 0 Å². The van der Waals surface area contributed by atoms with Crippen molar-refractivity contribution in [3.8, 4) is 0 Å². The second kappa shape index (κ2) is 5.79. The van der Waals surface area contributed by atoms with E-state index in [1.807, 2.05) is 25.1 Å². The van der Waals surface area contributed by atoms with Gasteiger partial charge in [0.2, 0.25) is 0 Å². The Labute approximate surface area is 119 Å². The Morgan fingerprint density at radius 1 is 1.32 bits per heavy atom. The second-order valence-corrected chi connectivity index (χ2v) is 4.87. The van der Waals surface area contributed by atoms with Crippen LogP contribution in [0.4, 0.5) is 11.5 Å². The lowest BCUT2D eigenvalue weighted by Gasteiger charge is -2.08. The lowest BCUT2D eigenvalue weighted by atomic mass is 10.2. The maximum absolute atomic E-state index is 12.1. The Balaban J connectivity index is 2.20. The number of carbonyl (C=O) groups is 1. The molecule has 2 N–H and O–H groups in total. The summed E-state index contributed by atoms with van der Waals surface area (Å²) in [5.74, 6) is 0.273. The standard InChI is InChI=1S/C13H13BrN4O/c1-8-5-9(14)3-4-10(8)18-13(19)11-6-16-7-12(15-2)17-11/h3-7H,1-2H3,(H,15,17)(H,18,19). The Hall–Kier alpha value is -1.95. The van der Waals surface area contributed by atoms with Crippen molar-refractivity contribution in [2.45, 2.75) is 6.92 Å². The molecule has 0 aliphatic heterocycles. The summed E-state index contributed by atoms with van der Waals surface area (Å²) in [4.78, 5) is 20.2. The molecule has 1 amide bonds. The van der Waals surface area contributed by atoms with Gasteiger partial charge < -0.3 is 10.6 Å². The van der Waals surface area contributed by atoms with E-state index in [9.17, 15) is 4.79 Å². The van der Waals surface area contributed by atoms with Gasteiger partial charge in [0.25, 0.3) is 5.91 Å². The van der Waals surface area contributed by atoms with Gasteiger partial charge in [0, 0.05) is 17.2 Å². The monoisotopic (exact) mass is 320 g/mol. The number of nitrogens with zero attached hydrogens (tertiary/aromatic N) is 2. The van der Waals surface area contributed by atoms with Gasteiger partial charge in [-0.3, -0.25) is 9.78 Å². The van der Waals surface area contributed by atoms with E-state index >= 15 is 0 Å². The van der Waals surface area contributed by atoms with E-state index in [1.54, 1.807) is 13.2 Å². The minimum Gasteiger partial charge on any atom is -0.372 e. The molecular weight excluding hydrogens is 308 g/mol. The molecule has 6 heteroatoms. The van der Waals surface area contributed by atoms with Crippen molar-refractivity contribution in [1.29, 1.82) is 0 Å². The molecule has 0 aliphatic carbocycles. The van der Waals surface area contributed by atoms with Gasteiger partial charge in [0.05, 0.1) is 12.4 Å². The molecule has 2 rings (SSSR count). The van der Waals surface area contributed by atoms with Crippen molar-refractivity contribution in [3.63, 3.8) is 0 Å². The molecule has 0 spiro atoms. The lowest BCUT2D eigenvalue weighted by Crippen LogP contribution is -2.15. The van der Waals surface area contributed by atoms with Gasteiger partial charge in [-0.15, -0.1) is 0 Å². The van der Waals surface area contributed by atoms with E-state index in [1.165, 1.54) is 6.20 Å². The second-order valence-electron chi connectivity index (χ2n) is 3.95. The first kappa shape index (κ1) is 13.5. The maximum Gasteiger partial charge on any atom is 0.275 e. The molecule has 1 aromatic carbocycles. The summed E-state index contributed by atoms with van der Waals surface area (Å²) in [6, 6.07) is 5.65. The molecule has 0 bridgehead atoms. The third-order valence-corrected chi connectivity index (χ3v) is 3.05. The summed E-state index contributed by atoms with van der Waals surface area (Å²) in [7, 11) is 1.73. The van der Waals surface area contributed by atoms with Crippen LogP contribution in [0.2, 0.25) is 0 Å². The van der Waals surface area contributed by atoms with Crippen LogP contribution in [0.25, 0.3) is 0 Å². The molecule has 0 saturated carbocycles. The lowest BCUT2D eigenvalue weighted by molar-refractivity contribution is 0.102. The zero-order chi connectivity index (χ0) is 13.8. The third-order valence-electron chi connectivity index (χ3n) is 2.56. The number of aryl methyl sites for hydroxylation is 1. The van der Waals surface area contributed by atoms with Crippen LogP contribution in [0.15, 0.2) is 35.1 Å². The molecule has 19 heavy (non-hydrogen) atoms. The van der Waals surface area contributed by atoms with Crippen LogP contribution >= 0.6 is 15.9 Å². The predicted octanol–water partition coefficient (Wildman–Crippen LogP) is 2.84. The van der Waals surface area contributed by atoms with E-state index in [0.29, 0.717) is 5.82 Å². The summed E-state index contributed by atoms with van der Waals surface area (Å²) in [5, 5.41) is 5.66. The van der Waals surface area contributed by atoms with E-state index in [2.05, 4.69) is 36.5 Å². The minimum absolute atomic E-state index is 0.272. The highest BCUT2D eigenvalue weighted by atomic mass is 79.9. The summed E-state index contributed by atoms with van der Waals surface area (Å²) in [5.41, 5.74) is 2.00. The van der Waals surface area contributed by atoms with Crippen molar-refractivity contribution < 1.29 is 4.79 Å². The molecular formula is C13H13BrN4O. The van der Waals surface area contributed by atoms with Crippen LogP contribution in [-0.2, 0) is 0 Å². The van der Waals surface area contributed by atoms with Crippen molar-refractivity contribution >= 4 is 33.3 Å². The molecule has 0 radical (unpaired) electrons. The number of carbonyl (C=O) groups excluding carboxylic acids is 1. The predicted molar refractivity (Wildman–Crippen MR) is 78.4 cm³/mol. The fraction of sp³-hybridized carbons (Fsp3) is 0.154. The van der Waals surface area contributed by atoms with Gasteiger partial charge in [-0.2, -0.15) is 0 Å². The van der Waals surface area contributed by atoms with Crippen molar-refractivity contribution in [1.82, 2.24) is 9.97 Å². The molecule has 1 aromatic heterocycles. The van der Waals surface area contributed by atoms with E-state index in [-0.39, 0.29) is 11.6 Å². The van der Waals surface area contributed by atoms with Crippen LogP contribution < -0.4 is 10.6 Å². The highest BCUT2D eigenvalue weighted by Gasteiger charge is 2.10. The van der Waals surface area contributed by atoms with Gasteiger partial charge in [-0.1, -0.05) is 15.9 Å². The highest BCUT2D eigenvalue weighted by Crippen LogP contribution is 2.20. The number of aromatic nitrogens is 2. The van der Waals surface area contributed by atoms with Gasteiger partial charge in [-0.25, -0.2) is 4.98 Å². The number of amides is 1. The topological polar surface area (TPSA) is 66.9 Å². The van der Waals surface area contributed by atoms with E-state index in [0.717, 1.165) is 15.7 Å².